The van der Waals surface area contributed by atoms with Crippen molar-refractivity contribution in [1.82, 2.24) is 0 Å². The quantitative estimate of drug-likeness (QED) is 0.467. The van der Waals surface area contributed by atoms with Crippen molar-refractivity contribution in [3.05, 3.63) is 12.2 Å². The standard InChI is InChI=1S/C11H11BrO/c12-10-8-4-1-2-5-6(4)3-7(8)9(5)11(10)13/h1-2,4-10H,3H2/t4-,5-,6+,7-,8-,9-,10-/m1/s1. The van der Waals surface area contributed by atoms with Gasteiger partial charge in [-0.2, -0.15) is 0 Å². The number of carbonyl (C=O) groups is 1. The predicted octanol–water partition coefficient (Wildman–Crippen LogP) is 2.02. The molecule has 0 aromatic carbocycles. The summed E-state index contributed by atoms with van der Waals surface area (Å²) in [4.78, 5) is 12.1. The Morgan fingerprint density at radius 1 is 1.23 bits per heavy atom. The lowest BCUT2D eigenvalue weighted by atomic mass is 9.79. The number of alkyl halides is 1. The number of rotatable bonds is 0. The topological polar surface area (TPSA) is 17.1 Å². The monoisotopic (exact) mass is 238 g/mol. The van der Waals surface area contributed by atoms with E-state index in [2.05, 4.69) is 28.1 Å². The first-order valence-corrected chi connectivity index (χ1v) is 6.07. The van der Waals surface area contributed by atoms with E-state index in [-0.39, 0.29) is 4.83 Å². The first kappa shape index (κ1) is 7.22. The Kier molecular flexibility index (Phi) is 1.08. The molecule has 13 heavy (non-hydrogen) atoms. The molecular formula is C11H11BrO. The van der Waals surface area contributed by atoms with Gasteiger partial charge in [0.1, 0.15) is 0 Å². The second-order valence-electron chi connectivity index (χ2n) is 5.01. The molecule has 0 spiro atoms. The largest absolute Gasteiger partial charge is 0.298 e. The fourth-order valence-electron chi connectivity index (χ4n) is 4.53. The lowest BCUT2D eigenvalue weighted by molar-refractivity contribution is -0.121. The Morgan fingerprint density at radius 2 is 2.00 bits per heavy atom. The minimum Gasteiger partial charge on any atom is -0.298 e. The second-order valence-corrected chi connectivity index (χ2v) is 6.00. The van der Waals surface area contributed by atoms with Gasteiger partial charge in [0.25, 0.3) is 0 Å². The maximum atomic E-state index is 11.9. The van der Waals surface area contributed by atoms with Crippen LogP contribution < -0.4 is 0 Å². The molecule has 3 fully saturated rings. The van der Waals surface area contributed by atoms with Crippen LogP contribution >= 0.6 is 15.9 Å². The number of hydrogen-bond donors (Lipinski definition) is 0. The molecule has 0 unspecified atom stereocenters. The number of ketones is 1. The van der Waals surface area contributed by atoms with Gasteiger partial charge in [-0.3, -0.25) is 4.79 Å². The zero-order valence-electron chi connectivity index (χ0n) is 7.19. The van der Waals surface area contributed by atoms with Crippen molar-refractivity contribution in [1.29, 1.82) is 0 Å². The van der Waals surface area contributed by atoms with Crippen molar-refractivity contribution in [3.63, 3.8) is 0 Å². The van der Waals surface area contributed by atoms with E-state index in [0.717, 1.165) is 17.8 Å². The lowest BCUT2D eigenvalue weighted by Gasteiger charge is -2.25. The molecule has 0 N–H and O–H groups in total. The molecule has 3 saturated carbocycles. The lowest BCUT2D eigenvalue weighted by Crippen LogP contribution is -2.24. The smallest absolute Gasteiger partial charge is 0.150 e. The van der Waals surface area contributed by atoms with E-state index in [9.17, 15) is 4.79 Å². The zero-order valence-corrected chi connectivity index (χ0v) is 8.78. The molecule has 0 aromatic heterocycles. The highest BCUT2D eigenvalue weighted by Gasteiger charge is 2.67. The summed E-state index contributed by atoms with van der Waals surface area (Å²) in [6.07, 6.45) is 6.04. The first-order chi connectivity index (χ1) is 6.29. The minimum atomic E-state index is 0.187. The van der Waals surface area contributed by atoms with E-state index in [1.807, 2.05) is 0 Å². The fourth-order valence-corrected chi connectivity index (χ4v) is 5.58. The van der Waals surface area contributed by atoms with Crippen molar-refractivity contribution in [3.8, 4) is 0 Å². The molecule has 7 atom stereocenters. The molecule has 2 bridgehead atoms. The maximum Gasteiger partial charge on any atom is 0.150 e. The van der Waals surface area contributed by atoms with Crippen LogP contribution in [0.5, 0.6) is 0 Å². The van der Waals surface area contributed by atoms with Gasteiger partial charge in [-0.25, -0.2) is 0 Å². The average molecular weight is 239 g/mol. The summed E-state index contributed by atoms with van der Waals surface area (Å²) in [7, 11) is 0. The number of carbonyl (C=O) groups excluding carboxylic acids is 1. The molecule has 68 valence electrons. The molecule has 4 aliphatic rings. The third-order valence-electron chi connectivity index (χ3n) is 4.84. The second kappa shape index (κ2) is 1.95. The van der Waals surface area contributed by atoms with E-state index >= 15 is 0 Å². The molecule has 0 amide bonds. The molecule has 0 radical (unpaired) electrons. The van der Waals surface area contributed by atoms with E-state index in [1.54, 1.807) is 0 Å². The van der Waals surface area contributed by atoms with Gasteiger partial charge in [-0.1, -0.05) is 28.1 Å². The summed E-state index contributed by atoms with van der Waals surface area (Å²) in [6.45, 7) is 0. The first-order valence-electron chi connectivity index (χ1n) is 5.15. The van der Waals surface area contributed by atoms with Gasteiger partial charge in [-0.05, 0) is 36.0 Å². The van der Waals surface area contributed by atoms with Crippen LogP contribution in [0.1, 0.15) is 6.42 Å². The maximum absolute atomic E-state index is 11.9. The Bertz CT molecular complexity index is 335. The summed E-state index contributed by atoms with van der Waals surface area (Å²) >= 11 is 3.60. The van der Waals surface area contributed by atoms with E-state index in [1.165, 1.54) is 6.42 Å². The van der Waals surface area contributed by atoms with Gasteiger partial charge in [0.2, 0.25) is 0 Å². The normalized spacial score (nSPS) is 65.6. The molecule has 1 nitrogen and oxygen atoms in total. The van der Waals surface area contributed by atoms with E-state index in [4.69, 9.17) is 0 Å². The zero-order chi connectivity index (χ0) is 8.74. The van der Waals surface area contributed by atoms with Crippen LogP contribution in [0.2, 0.25) is 0 Å². The van der Waals surface area contributed by atoms with Crippen molar-refractivity contribution in [2.75, 3.05) is 0 Å². The number of fused-ring (bicyclic) bond motifs is 2. The number of Topliss-reactive ketones (excluding diaryl/α,β-unsaturated/α-hetero) is 1. The summed E-state index contributed by atoms with van der Waals surface area (Å²) in [5.74, 6) is 4.49. The third-order valence-corrected chi connectivity index (χ3v) is 5.90. The van der Waals surface area contributed by atoms with Crippen LogP contribution in [0.4, 0.5) is 0 Å². The van der Waals surface area contributed by atoms with Crippen LogP contribution in [0.25, 0.3) is 0 Å². The Hall–Kier alpha value is -0.110. The van der Waals surface area contributed by atoms with Crippen LogP contribution in [0.15, 0.2) is 12.2 Å². The van der Waals surface area contributed by atoms with Crippen LogP contribution in [-0.2, 0) is 4.79 Å². The predicted molar refractivity (Wildman–Crippen MR) is 52.4 cm³/mol. The van der Waals surface area contributed by atoms with Gasteiger partial charge < -0.3 is 0 Å². The molecular weight excluding hydrogens is 228 g/mol. The van der Waals surface area contributed by atoms with Gasteiger partial charge in [0.15, 0.2) is 5.78 Å². The Morgan fingerprint density at radius 3 is 2.85 bits per heavy atom. The van der Waals surface area contributed by atoms with Crippen molar-refractivity contribution >= 4 is 21.7 Å². The van der Waals surface area contributed by atoms with Crippen molar-refractivity contribution in [2.45, 2.75) is 11.2 Å². The van der Waals surface area contributed by atoms with Crippen LogP contribution in [0, 0.1) is 35.5 Å². The third kappa shape index (κ3) is 0.577. The van der Waals surface area contributed by atoms with E-state index in [0.29, 0.717) is 23.5 Å². The van der Waals surface area contributed by atoms with Gasteiger partial charge in [0, 0.05) is 5.92 Å². The molecule has 0 aromatic rings. The fraction of sp³-hybridized carbons (Fsp3) is 0.727. The highest BCUT2D eigenvalue weighted by atomic mass is 79.9. The Balaban J connectivity index is 1.96. The van der Waals surface area contributed by atoms with Gasteiger partial charge >= 0.3 is 0 Å². The molecule has 0 heterocycles. The van der Waals surface area contributed by atoms with Crippen molar-refractivity contribution in [2.24, 2.45) is 35.5 Å². The molecule has 0 saturated heterocycles. The summed E-state index contributed by atoms with van der Waals surface area (Å²) < 4.78 is 0. The molecule has 4 aliphatic carbocycles. The number of halogens is 1. The summed E-state index contributed by atoms with van der Waals surface area (Å²) in [5, 5.41) is 0. The molecule has 2 heteroatoms. The highest BCUT2D eigenvalue weighted by Crippen LogP contribution is 2.68. The molecule has 0 aliphatic heterocycles. The average Bonchev–Trinajstić information content (AvgIpc) is 2.70. The summed E-state index contributed by atoms with van der Waals surface area (Å²) in [6, 6.07) is 0. The van der Waals surface area contributed by atoms with Gasteiger partial charge in [-0.15, -0.1) is 0 Å². The SMILES string of the molecule is O=C1[C@@H]2[C@@H]3C=C[C@@H]4[C@@H]3C[C@@H]2[C@@H]4[C@H]1Br. The van der Waals surface area contributed by atoms with Crippen LogP contribution in [-0.4, -0.2) is 10.6 Å². The number of allylic oxidation sites excluding steroid dienone is 2. The number of hydrogen-bond acceptors (Lipinski definition) is 1. The van der Waals surface area contributed by atoms with Gasteiger partial charge in [0.05, 0.1) is 4.83 Å². The summed E-state index contributed by atoms with van der Waals surface area (Å²) in [5.41, 5.74) is 0. The minimum absolute atomic E-state index is 0.187. The van der Waals surface area contributed by atoms with Crippen molar-refractivity contribution < 1.29 is 4.79 Å². The van der Waals surface area contributed by atoms with Crippen LogP contribution in [0.3, 0.4) is 0 Å². The highest BCUT2D eigenvalue weighted by molar-refractivity contribution is 9.10. The Labute approximate surface area is 85.7 Å². The van der Waals surface area contributed by atoms with E-state index < -0.39 is 0 Å². The molecule has 4 rings (SSSR count).